The van der Waals surface area contributed by atoms with Crippen molar-refractivity contribution in [3.63, 3.8) is 0 Å². The van der Waals surface area contributed by atoms with Gasteiger partial charge in [-0.3, -0.25) is 0 Å². The summed E-state index contributed by atoms with van der Waals surface area (Å²) in [5.41, 5.74) is 5.08. The molecule has 0 aromatic carbocycles. The standard InChI is InChI=1S/C9H20N2O3S/c1-9(2)7(6-8(9)14-3)11-15(12,13)5-4-10/h7-8,11H,4-6,10H2,1-3H3. The summed E-state index contributed by atoms with van der Waals surface area (Å²) in [6.45, 7) is 4.15. The van der Waals surface area contributed by atoms with E-state index in [1.807, 2.05) is 13.8 Å². The van der Waals surface area contributed by atoms with Crippen molar-refractivity contribution in [2.24, 2.45) is 11.1 Å². The van der Waals surface area contributed by atoms with Gasteiger partial charge in [-0.15, -0.1) is 0 Å². The van der Waals surface area contributed by atoms with Gasteiger partial charge in [-0.05, 0) is 6.42 Å². The van der Waals surface area contributed by atoms with Gasteiger partial charge in [0.25, 0.3) is 0 Å². The summed E-state index contributed by atoms with van der Waals surface area (Å²) in [6.07, 6.45) is 0.857. The molecule has 0 aromatic rings. The fraction of sp³-hybridized carbons (Fsp3) is 1.00. The smallest absolute Gasteiger partial charge is 0.213 e. The van der Waals surface area contributed by atoms with Crippen LogP contribution in [0.1, 0.15) is 20.3 Å². The average Bonchev–Trinajstić information content (AvgIpc) is 2.11. The molecule has 0 amide bonds. The number of hydrogen-bond donors (Lipinski definition) is 2. The van der Waals surface area contributed by atoms with Crippen LogP contribution in [-0.4, -0.2) is 40.0 Å². The first-order valence-corrected chi connectivity index (χ1v) is 6.71. The Labute approximate surface area is 91.4 Å². The highest BCUT2D eigenvalue weighted by atomic mass is 32.2. The van der Waals surface area contributed by atoms with Gasteiger partial charge in [0.1, 0.15) is 0 Å². The first-order valence-electron chi connectivity index (χ1n) is 5.06. The van der Waals surface area contributed by atoms with Crippen LogP contribution in [0.5, 0.6) is 0 Å². The maximum absolute atomic E-state index is 11.5. The Morgan fingerprint density at radius 3 is 2.53 bits per heavy atom. The van der Waals surface area contributed by atoms with Crippen molar-refractivity contribution in [2.45, 2.75) is 32.4 Å². The zero-order valence-corrected chi connectivity index (χ0v) is 10.3. The van der Waals surface area contributed by atoms with Gasteiger partial charge in [-0.2, -0.15) is 0 Å². The van der Waals surface area contributed by atoms with E-state index in [1.165, 1.54) is 0 Å². The molecule has 1 aliphatic carbocycles. The monoisotopic (exact) mass is 236 g/mol. The van der Waals surface area contributed by atoms with E-state index >= 15 is 0 Å². The molecule has 0 heterocycles. The van der Waals surface area contributed by atoms with Gasteiger partial charge in [0.05, 0.1) is 11.9 Å². The zero-order valence-electron chi connectivity index (χ0n) is 9.49. The molecule has 0 bridgehead atoms. The molecule has 1 rings (SSSR count). The summed E-state index contributed by atoms with van der Waals surface area (Å²) in [5.74, 6) is -0.0166. The first kappa shape index (κ1) is 12.9. The van der Waals surface area contributed by atoms with Crippen molar-refractivity contribution >= 4 is 10.0 Å². The average molecular weight is 236 g/mol. The van der Waals surface area contributed by atoms with E-state index in [1.54, 1.807) is 7.11 Å². The summed E-state index contributed by atoms with van der Waals surface area (Å²) in [5, 5.41) is 0. The summed E-state index contributed by atoms with van der Waals surface area (Å²) in [4.78, 5) is 0. The molecule has 1 fully saturated rings. The highest BCUT2D eigenvalue weighted by molar-refractivity contribution is 7.89. The molecule has 0 aromatic heterocycles. The normalized spacial score (nSPS) is 29.9. The molecule has 0 radical (unpaired) electrons. The van der Waals surface area contributed by atoms with Crippen LogP contribution in [0, 0.1) is 5.41 Å². The van der Waals surface area contributed by atoms with Crippen LogP contribution in [0.2, 0.25) is 0 Å². The van der Waals surface area contributed by atoms with Gasteiger partial charge in [0.2, 0.25) is 10.0 Å². The fourth-order valence-electron chi connectivity index (χ4n) is 1.92. The lowest BCUT2D eigenvalue weighted by Crippen LogP contribution is -2.62. The summed E-state index contributed by atoms with van der Waals surface area (Å²) in [6, 6.07) is -0.0426. The number of ether oxygens (including phenoxy) is 1. The molecular formula is C9H20N2O3S. The molecule has 1 saturated carbocycles. The third-order valence-corrected chi connectivity index (χ3v) is 4.59. The summed E-state index contributed by atoms with van der Waals surface area (Å²) in [7, 11) is -1.58. The predicted molar refractivity (Wildman–Crippen MR) is 59.0 cm³/mol. The van der Waals surface area contributed by atoms with Gasteiger partial charge in [0, 0.05) is 25.1 Å². The zero-order chi connectivity index (χ0) is 11.7. The second-order valence-electron chi connectivity index (χ2n) is 4.56. The molecular weight excluding hydrogens is 216 g/mol. The Balaban J connectivity index is 2.56. The largest absolute Gasteiger partial charge is 0.381 e. The first-order chi connectivity index (χ1) is 6.83. The van der Waals surface area contributed by atoms with E-state index in [2.05, 4.69) is 4.72 Å². The molecule has 0 aliphatic heterocycles. The van der Waals surface area contributed by atoms with Crippen LogP contribution < -0.4 is 10.5 Å². The maximum Gasteiger partial charge on any atom is 0.213 e. The van der Waals surface area contributed by atoms with Crippen molar-refractivity contribution < 1.29 is 13.2 Å². The summed E-state index contributed by atoms with van der Waals surface area (Å²) < 4.78 is 30.9. The molecule has 2 unspecified atom stereocenters. The van der Waals surface area contributed by atoms with Gasteiger partial charge < -0.3 is 10.5 Å². The van der Waals surface area contributed by atoms with Crippen LogP contribution in [0.4, 0.5) is 0 Å². The van der Waals surface area contributed by atoms with Crippen molar-refractivity contribution in [3.05, 3.63) is 0 Å². The minimum atomic E-state index is -3.22. The minimum absolute atomic E-state index is 0.0166. The fourth-order valence-corrected chi connectivity index (χ4v) is 3.18. The van der Waals surface area contributed by atoms with Crippen molar-refractivity contribution in [1.29, 1.82) is 0 Å². The van der Waals surface area contributed by atoms with Crippen molar-refractivity contribution in [1.82, 2.24) is 4.72 Å². The molecule has 3 N–H and O–H groups in total. The number of nitrogens with one attached hydrogen (secondary N) is 1. The van der Waals surface area contributed by atoms with E-state index in [4.69, 9.17) is 10.5 Å². The van der Waals surface area contributed by atoms with Crippen LogP contribution in [-0.2, 0) is 14.8 Å². The van der Waals surface area contributed by atoms with E-state index < -0.39 is 10.0 Å². The Hall–Kier alpha value is -0.170. The summed E-state index contributed by atoms with van der Waals surface area (Å²) >= 11 is 0. The third-order valence-electron chi connectivity index (χ3n) is 3.17. The van der Waals surface area contributed by atoms with Gasteiger partial charge in [-0.1, -0.05) is 13.8 Å². The quantitative estimate of drug-likeness (QED) is 0.685. The molecule has 6 heteroatoms. The highest BCUT2D eigenvalue weighted by Gasteiger charge is 2.49. The number of hydrogen-bond acceptors (Lipinski definition) is 4. The SMILES string of the molecule is COC1CC(NS(=O)(=O)CCN)C1(C)C. The second-order valence-corrected chi connectivity index (χ2v) is 6.43. The highest BCUT2D eigenvalue weighted by Crippen LogP contribution is 2.42. The van der Waals surface area contributed by atoms with Gasteiger partial charge >= 0.3 is 0 Å². The van der Waals surface area contributed by atoms with Crippen LogP contribution in [0.25, 0.3) is 0 Å². The molecule has 5 nitrogen and oxygen atoms in total. The van der Waals surface area contributed by atoms with Gasteiger partial charge in [-0.25, -0.2) is 13.1 Å². The number of rotatable bonds is 5. The van der Waals surface area contributed by atoms with Crippen LogP contribution in [0.15, 0.2) is 0 Å². The maximum atomic E-state index is 11.5. The lowest BCUT2D eigenvalue weighted by molar-refractivity contribution is -0.0908. The van der Waals surface area contributed by atoms with Crippen LogP contribution >= 0.6 is 0 Å². The number of sulfonamides is 1. The Morgan fingerprint density at radius 1 is 1.53 bits per heavy atom. The second kappa shape index (κ2) is 4.37. The van der Waals surface area contributed by atoms with E-state index in [0.717, 1.165) is 6.42 Å². The van der Waals surface area contributed by atoms with E-state index in [0.29, 0.717) is 0 Å². The van der Waals surface area contributed by atoms with Crippen molar-refractivity contribution in [3.8, 4) is 0 Å². The molecule has 0 saturated heterocycles. The molecule has 2 atom stereocenters. The predicted octanol–water partition coefficient (Wildman–Crippen LogP) is -0.322. The molecule has 15 heavy (non-hydrogen) atoms. The molecule has 90 valence electrons. The Bertz CT molecular complexity index is 313. The van der Waals surface area contributed by atoms with Crippen molar-refractivity contribution in [2.75, 3.05) is 19.4 Å². The van der Waals surface area contributed by atoms with E-state index in [-0.39, 0.29) is 29.9 Å². The Kier molecular flexibility index (Phi) is 3.76. The molecule has 0 spiro atoms. The third kappa shape index (κ3) is 2.69. The number of nitrogens with two attached hydrogens (primary N) is 1. The lowest BCUT2D eigenvalue weighted by Gasteiger charge is -2.50. The minimum Gasteiger partial charge on any atom is -0.381 e. The molecule has 1 aliphatic rings. The van der Waals surface area contributed by atoms with E-state index in [9.17, 15) is 8.42 Å². The van der Waals surface area contributed by atoms with Crippen LogP contribution in [0.3, 0.4) is 0 Å². The van der Waals surface area contributed by atoms with Gasteiger partial charge in [0.15, 0.2) is 0 Å². The topological polar surface area (TPSA) is 81.4 Å². The number of methoxy groups -OCH3 is 1. The lowest BCUT2D eigenvalue weighted by atomic mass is 9.65. The Morgan fingerprint density at radius 2 is 2.13 bits per heavy atom.